The normalized spacial score (nSPS) is 15.4. The van der Waals surface area contributed by atoms with Crippen LogP contribution in [0.4, 0.5) is 19.0 Å². The highest BCUT2D eigenvalue weighted by Gasteiger charge is 2.38. The summed E-state index contributed by atoms with van der Waals surface area (Å²) in [7, 11) is 2.02. The number of halogens is 4. The van der Waals surface area contributed by atoms with E-state index in [9.17, 15) is 18.0 Å². The first kappa shape index (κ1) is 29.5. The number of carbonyl (C=O) groups is 1. The molecule has 1 aliphatic rings. The first-order valence-electron chi connectivity index (χ1n) is 12.0. The van der Waals surface area contributed by atoms with Gasteiger partial charge in [-0.25, -0.2) is 9.97 Å². The minimum absolute atomic E-state index is 0.0260. The Labute approximate surface area is 215 Å². The average molecular weight is 524 g/mol. The monoisotopic (exact) mass is 523 g/mol. The maximum Gasteiger partial charge on any atom is 0.416 e. The highest BCUT2D eigenvalue weighted by atomic mass is 35.5. The van der Waals surface area contributed by atoms with Crippen LogP contribution in [-0.2, 0) is 30.4 Å². The molecule has 0 aliphatic carbocycles. The summed E-state index contributed by atoms with van der Waals surface area (Å²) in [6, 6.07) is 7.39. The van der Waals surface area contributed by atoms with E-state index >= 15 is 0 Å². The van der Waals surface area contributed by atoms with Crippen LogP contribution in [0.25, 0.3) is 0 Å². The quantitative estimate of drug-likeness (QED) is 0.442. The lowest BCUT2D eigenvalue weighted by Crippen LogP contribution is -2.41. The van der Waals surface area contributed by atoms with Gasteiger partial charge in [-0.3, -0.25) is 4.79 Å². The highest BCUT2D eigenvalue weighted by Crippen LogP contribution is 2.31. The molecule has 1 aromatic heterocycles. The number of rotatable bonds is 7. The smallest absolute Gasteiger partial charge is 0.366 e. The summed E-state index contributed by atoms with van der Waals surface area (Å²) in [5, 5.41) is 12.1. The number of hydrogen-bond donors (Lipinski definition) is 1. The van der Waals surface area contributed by atoms with Crippen LogP contribution < -0.4 is 5.32 Å². The number of benzene rings is 1. The molecule has 36 heavy (non-hydrogen) atoms. The number of anilines is 1. The first-order chi connectivity index (χ1) is 17.0. The molecule has 0 bridgehead atoms. The van der Waals surface area contributed by atoms with Crippen LogP contribution >= 0.6 is 11.6 Å². The molecule has 1 aliphatic heterocycles. The van der Waals surface area contributed by atoms with Gasteiger partial charge in [-0.1, -0.05) is 32.4 Å². The van der Waals surface area contributed by atoms with Gasteiger partial charge in [0.15, 0.2) is 0 Å². The molecule has 1 fully saturated rings. The largest absolute Gasteiger partial charge is 0.416 e. The Bertz CT molecular complexity index is 1080. The maximum atomic E-state index is 12.8. The second-order valence-electron chi connectivity index (χ2n) is 8.98. The number of carbonyl (C=O) groups excluding carboxylic acids is 1. The van der Waals surface area contributed by atoms with Crippen molar-refractivity contribution in [3.05, 3.63) is 51.9 Å². The van der Waals surface area contributed by atoms with Crippen LogP contribution in [0, 0.1) is 16.7 Å². The van der Waals surface area contributed by atoms with Gasteiger partial charge in [0.25, 0.3) is 0 Å². The molecule has 0 radical (unpaired) electrons. The zero-order valence-corrected chi connectivity index (χ0v) is 21.9. The summed E-state index contributed by atoms with van der Waals surface area (Å²) in [5.41, 5.74) is 1.02. The Balaban J connectivity index is 0.000000319. The van der Waals surface area contributed by atoms with E-state index < -0.39 is 17.2 Å². The molecule has 0 unspecified atom stereocenters. The number of piperidine rings is 1. The zero-order valence-electron chi connectivity index (χ0n) is 21.2. The fraction of sp³-hybridized carbons (Fsp3) is 0.538. The van der Waals surface area contributed by atoms with Crippen LogP contribution in [0.15, 0.2) is 24.3 Å². The third-order valence-corrected chi connectivity index (χ3v) is 6.52. The highest BCUT2D eigenvalue weighted by molar-refractivity contribution is 6.28. The lowest BCUT2D eigenvalue weighted by Gasteiger charge is -2.33. The van der Waals surface area contributed by atoms with Crippen molar-refractivity contribution in [3.8, 4) is 6.07 Å². The van der Waals surface area contributed by atoms with Gasteiger partial charge in [0.2, 0.25) is 5.28 Å². The Morgan fingerprint density at radius 3 is 2.44 bits per heavy atom. The van der Waals surface area contributed by atoms with E-state index in [1.165, 1.54) is 13.0 Å². The Morgan fingerprint density at radius 1 is 1.25 bits per heavy atom. The van der Waals surface area contributed by atoms with E-state index in [2.05, 4.69) is 26.3 Å². The second-order valence-corrected chi connectivity index (χ2v) is 9.31. The summed E-state index contributed by atoms with van der Waals surface area (Å²) in [4.78, 5) is 21.8. The Morgan fingerprint density at radius 2 is 1.92 bits per heavy atom. The molecule has 10 heteroatoms. The second kappa shape index (κ2) is 13.0. The van der Waals surface area contributed by atoms with Crippen LogP contribution in [0.1, 0.15) is 62.4 Å². The van der Waals surface area contributed by atoms with E-state index in [0.29, 0.717) is 24.2 Å². The molecule has 1 saturated heterocycles. The van der Waals surface area contributed by atoms with Crippen molar-refractivity contribution in [2.45, 2.75) is 65.6 Å². The maximum absolute atomic E-state index is 12.8. The van der Waals surface area contributed by atoms with E-state index in [4.69, 9.17) is 16.9 Å². The van der Waals surface area contributed by atoms with Crippen LogP contribution in [0.2, 0.25) is 5.28 Å². The van der Waals surface area contributed by atoms with Crippen molar-refractivity contribution in [3.63, 3.8) is 0 Å². The topological polar surface area (TPSA) is 81.9 Å². The molecule has 3 rings (SSSR count). The molecule has 1 N–H and O–H groups in total. The van der Waals surface area contributed by atoms with Gasteiger partial charge in [0.1, 0.15) is 17.0 Å². The predicted molar refractivity (Wildman–Crippen MR) is 135 cm³/mol. The van der Waals surface area contributed by atoms with Gasteiger partial charge in [-0.2, -0.15) is 18.4 Å². The predicted octanol–water partition coefficient (Wildman–Crippen LogP) is 6.09. The third kappa shape index (κ3) is 7.90. The summed E-state index contributed by atoms with van der Waals surface area (Å²) in [6.07, 6.45) is -0.545. The fourth-order valence-electron chi connectivity index (χ4n) is 4.05. The minimum Gasteiger partial charge on any atom is -0.366 e. The van der Waals surface area contributed by atoms with Crippen LogP contribution in [0.5, 0.6) is 0 Å². The molecule has 0 saturated carbocycles. The number of alkyl halides is 3. The SMILES string of the molecule is CC(=O)C1(C#N)CCN(C)CC1.CCCc1nc(Cl)nc(NCc2cccc(C(F)(F)F)c2)c1CC. The fourth-order valence-corrected chi connectivity index (χ4v) is 4.23. The van der Waals surface area contributed by atoms with Gasteiger partial charge in [-0.15, -0.1) is 0 Å². The van der Waals surface area contributed by atoms with Crippen molar-refractivity contribution in [2.24, 2.45) is 5.41 Å². The lowest BCUT2D eigenvalue weighted by atomic mass is 9.77. The number of ketones is 1. The summed E-state index contributed by atoms with van der Waals surface area (Å²) >= 11 is 5.97. The van der Waals surface area contributed by atoms with Crippen molar-refractivity contribution in [2.75, 3.05) is 25.5 Å². The summed E-state index contributed by atoms with van der Waals surface area (Å²) in [5.74, 6) is 0.608. The Kier molecular flexibility index (Phi) is 10.7. The number of nitrogens with one attached hydrogen (secondary N) is 1. The van der Waals surface area contributed by atoms with Gasteiger partial charge < -0.3 is 10.2 Å². The zero-order chi connectivity index (χ0) is 26.9. The molecule has 6 nitrogen and oxygen atoms in total. The minimum atomic E-state index is -4.35. The van der Waals surface area contributed by atoms with E-state index in [0.717, 1.165) is 55.7 Å². The van der Waals surface area contributed by atoms with Crippen LogP contribution in [0.3, 0.4) is 0 Å². The number of Topliss-reactive ketones (excluding diaryl/α,β-unsaturated/α-hetero) is 1. The molecule has 2 heterocycles. The van der Waals surface area contributed by atoms with Gasteiger partial charge >= 0.3 is 6.18 Å². The number of aromatic nitrogens is 2. The van der Waals surface area contributed by atoms with E-state index in [1.807, 2.05) is 20.9 Å². The average Bonchev–Trinajstić information content (AvgIpc) is 2.83. The molecule has 0 atom stereocenters. The van der Waals surface area contributed by atoms with E-state index in [-0.39, 0.29) is 17.6 Å². The summed E-state index contributed by atoms with van der Waals surface area (Å²) < 4.78 is 38.3. The number of nitriles is 1. The molecular formula is C26H33ClF3N5O. The van der Waals surface area contributed by atoms with Gasteiger partial charge in [-0.05, 0) is 82.0 Å². The van der Waals surface area contributed by atoms with E-state index in [1.54, 1.807) is 6.07 Å². The van der Waals surface area contributed by atoms with Crippen molar-refractivity contribution >= 4 is 23.2 Å². The molecule has 196 valence electrons. The van der Waals surface area contributed by atoms with Crippen LogP contribution in [-0.4, -0.2) is 40.8 Å². The molecule has 1 aromatic carbocycles. The number of nitrogens with zero attached hydrogens (tertiary/aromatic N) is 4. The molecular weight excluding hydrogens is 491 g/mol. The van der Waals surface area contributed by atoms with Gasteiger partial charge in [0.05, 0.1) is 17.3 Å². The number of aryl methyl sites for hydroxylation is 1. The molecule has 0 spiro atoms. The van der Waals surface area contributed by atoms with Crippen molar-refractivity contribution in [1.82, 2.24) is 14.9 Å². The van der Waals surface area contributed by atoms with Gasteiger partial charge in [0, 0.05) is 12.1 Å². The number of hydrogen-bond acceptors (Lipinski definition) is 6. The standard InChI is InChI=1S/C17H19ClF3N3.C9H14N2O/c1-3-6-14-13(4-2)15(24-16(18)23-14)22-10-11-7-5-8-12(9-11)17(19,20)21;1-8(12)9(7-10)3-5-11(2)6-4-9/h5,7-9H,3-4,6,10H2,1-2H3,(H,22,23,24);3-6H2,1-2H3. The van der Waals surface area contributed by atoms with Crippen molar-refractivity contribution < 1.29 is 18.0 Å². The third-order valence-electron chi connectivity index (χ3n) is 6.35. The lowest BCUT2D eigenvalue weighted by molar-refractivity contribution is -0.137. The van der Waals surface area contributed by atoms with Crippen molar-refractivity contribution in [1.29, 1.82) is 5.26 Å². The Hall–Kier alpha value is -2.70. The summed E-state index contributed by atoms with van der Waals surface area (Å²) in [6.45, 7) is 7.50. The molecule has 0 amide bonds. The molecule has 2 aromatic rings. The number of likely N-dealkylation sites (tertiary alicyclic amines) is 1. The first-order valence-corrected chi connectivity index (χ1v) is 12.4.